The molecule has 1 atom stereocenters. The Bertz CT molecular complexity index is 1770. The number of hydrogen-bond donors (Lipinski definition) is 0. The molecule has 0 amide bonds. The molecule has 0 spiro atoms. The number of fused-ring (bicyclic) bond motifs is 1. The standard InChI is InChI=1S/C30H30F5N7O/c1-19-14-40(7-6-29(19,31)32)15-20-8-24(30(33,34)35)25-17-41(27(43)42(25)16-20)23-5-3-4-22(9-23)28(10-21(11-28)13-36)12-26-38-37-18-39(26)2/h3-5,8-9,16-19,21H,6-7,10-12,14-15H2,1-2H3/t19-,21?,28?/m0/s1. The lowest BCUT2D eigenvalue weighted by Crippen LogP contribution is -2.45. The fraction of sp³-hybridized carbons (Fsp3) is 0.467. The van der Waals surface area contributed by atoms with Gasteiger partial charge in [0, 0.05) is 69.2 Å². The van der Waals surface area contributed by atoms with Gasteiger partial charge in [-0.2, -0.15) is 18.4 Å². The molecule has 0 radical (unpaired) electrons. The van der Waals surface area contributed by atoms with Crippen molar-refractivity contribution in [2.45, 2.75) is 56.7 Å². The number of aromatic nitrogens is 5. The maximum Gasteiger partial charge on any atom is 0.418 e. The van der Waals surface area contributed by atoms with Crippen LogP contribution in [0.3, 0.4) is 0 Å². The third-order valence-corrected chi connectivity index (χ3v) is 9.04. The lowest BCUT2D eigenvalue weighted by Gasteiger charge is -2.45. The van der Waals surface area contributed by atoms with Crippen LogP contribution >= 0.6 is 0 Å². The lowest BCUT2D eigenvalue weighted by atomic mass is 9.57. The molecule has 0 unspecified atom stereocenters. The predicted molar refractivity (Wildman–Crippen MR) is 147 cm³/mol. The van der Waals surface area contributed by atoms with Gasteiger partial charge in [0.2, 0.25) is 0 Å². The van der Waals surface area contributed by atoms with Gasteiger partial charge in [-0.1, -0.05) is 19.1 Å². The van der Waals surface area contributed by atoms with Crippen molar-refractivity contribution in [1.29, 1.82) is 5.26 Å². The van der Waals surface area contributed by atoms with Gasteiger partial charge in [0.1, 0.15) is 12.2 Å². The fourth-order valence-electron chi connectivity index (χ4n) is 6.52. The van der Waals surface area contributed by atoms with Crippen molar-refractivity contribution in [1.82, 2.24) is 28.6 Å². The van der Waals surface area contributed by atoms with Crippen LogP contribution in [-0.2, 0) is 31.6 Å². The maximum absolute atomic E-state index is 14.3. The van der Waals surface area contributed by atoms with Crippen LogP contribution in [0.4, 0.5) is 22.0 Å². The van der Waals surface area contributed by atoms with Crippen molar-refractivity contribution < 1.29 is 22.0 Å². The van der Waals surface area contributed by atoms with Gasteiger partial charge in [0.05, 0.1) is 22.8 Å². The van der Waals surface area contributed by atoms with Crippen LogP contribution < -0.4 is 5.69 Å². The summed E-state index contributed by atoms with van der Waals surface area (Å²) in [5, 5.41) is 17.6. The molecule has 4 heterocycles. The third-order valence-electron chi connectivity index (χ3n) is 9.04. The third kappa shape index (κ3) is 5.22. The number of rotatable bonds is 6. The Morgan fingerprint density at radius 2 is 1.93 bits per heavy atom. The molecule has 0 bridgehead atoms. The minimum Gasteiger partial charge on any atom is -0.321 e. The first-order valence-electron chi connectivity index (χ1n) is 14.1. The van der Waals surface area contributed by atoms with Crippen molar-refractivity contribution in [3.63, 3.8) is 0 Å². The summed E-state index contributed by atoms with van der Waals surface area (Å²) in [6.45, 7) is 1.52. The van der Waals surface area contributed by atoms with Gasteiger partial charge in [-0.3, -0.25) is 13.9 Å². The van der Waals surface area contributed by atoms with Crippen molar-refractivity contribution in [2.75, 3.05) is 13.1 Å². The van der Waals surface area contributed by atoms with E-state index in [0.29, 0.717) is 24.9 Å². The molecular weight excluding hydrogens is 569 g/mol. The number of nitrogens with zero attached hydrogens (tertiary/aromatic N) is 7. The number of hydrogen-bond acceptors (Lipinski definition) is 5. The molecule has 1 saturated heterocycles. The van der Waals surface area contributed by atoms with Crippen LogP contribution in [0.15, 0.2) is 53.8 Å². The molecule has 6 rings (SSSR count). The highest BCUT2D eigenvalue weighted by Crippen LogP contribution is 2.50. The maximum atomic E-state index is 14.3. The van der Waals surface area contributed by atoms with E-state index in [1.165, 1.54) is 23.9 Å². The molecule has 1 aromatic carbocycles. The second kappa shape index (κ2) is 10.3. The number of halogens is 5. The summed E-state index contributed by atoms with van der Waals surface area (Å²) in [5.41, 5.74) is -0.921. The highest BCUT2D eigenvalue weighted by Gasteiger charge is 2.47. The van der Waals surface area contributed by atoms with E-state index >= 15 is 0 Å². The summed E-state index contributed by atoms with van der Waals surface area (Å²) in [5.74, 6) is -3.15. The Balaban J connectivity index is 1.38. The van der Waals surface area contributed by atoms with Crippen LogP contribution in [-0.4, -0.2) is 47.6 Å². The number of pyridine rings is 1. The number of imidazole rings is 1. The lowest BCUT2D eigenvalue weighted by molar-refractivity contribution is -0.136. The average Bonchev–Trinajstić information content (AvgIpc) is 3.49. The van der Waals surface area contributed by atoms with Gasteiger partial charge in [-0.05, 0) is 42.2 Å². The number of piperidine rings is 1. The summed E-state index contributed by atoms with van der Waals surface area (Å²) in [7, 11) is 1.83. The van der Waals surface area contributed by atoms with Gasteiger partial charge in [-0.25, -0.2) is 13.6 Å². The van der Waals surface area contributed by atoms with Crippen molar-refractivity contribution >= 4 is 5.52 Å². The van der Waals surface area contributed by atoms with Crippen molar-refractivity contribution in [3.05, 3.63) is 82.1 Å². The molecule has 43 heavy (non-hydrogen) atoms. The van der Waals surface area contributed by atoms with Crippen molar-refractivity contribution in [3.8, 4) is 11.8 Å². The number of benzene rings is 1. The van der Waals surface area contributed by atoms with Gasteiger partial charge in [0.25, 0.3) is 5.92 Å². The van der Waals surface area contributed by atoms with E-state index in [-0.39, 0.29) is 43.1 Å². The minimum atomic E-state index is -4.75. The SMILES string of the molecule is C[C@H]1CN(Cc2cc(C(F)(F)F)c3cn(-c4cccc(C5(Cc6nncn6C)CC(C#N)C5)c4)c(=O)n3c2)CCC1(F)F. The van der Waals surface area contributed by atoms with Crippen LogP contribution in [0.5, 0.6) is 0 Å². The molecule has 1 saturated carbocycles. The number of aryl methyl sites for hydroxylation is 1. The van der Waals surface area contributed by atoms with E-state index in [0.717, 1.165) is 21.9 Å². The summed E-state index contributed by atoms with van der Waals surface area (Å²) in [6, 6.07) is 10.4. The van der Waals surface area contributed by atoms with Gasteiger partial charge >= 0.3 is 11.9 Å². The van der Waals surface area contributed by atoms with E-state index in [2.05, 4.69) is 16.3 Å². The fourth-order valence-corrected chi connectivity index (χ4v) is 6.52. The smallest absolute Gasteiger partial charge is 0.321 e. The Morgan fingerprint density at radius 3 is 2.58 bits per heavy atom. The zero-order chi connectivity index (χ0) is 30.7. The number of nitriles is 1. The molecule has 8 nitrogen and oxygen atoms in total. The van der Waals surface area contributed by atoms with E-state index in [9.17, 15) is 32.0 Å². The second-order valence-corrected chi connectivity index (χ2v) is 12.0. The molecule has 1 aliphatic carbocycles. The number of likely N-dealkylation sites (tertiary alicyclic amines) is 1. The molecule has 2 aliphatic rings. The Hall–Kier alpha value is -4.05. The Labute approximate surface area is 244 Å². The van der Waals surface area contributed by atoms with E-state index in [4.69, 9.17) is 0 Å². The van der Waals surface area contributed by atoms with Crippen LogP contribution in [0.1, 0.15) is 48.7 Å². The second-order valence-electron chi connectivity index (χ2n) is 12.0. The predicted octanol–water partition coefficient (Wildman–Crippen LogP) is 5.13. The largest absolute Gasteiger partial charge is 0.418 e. The quantitative estimate of drug-likeness (QED) is 0.287. The molecular formula is C30H30F5N7O. The molecule has 0 N–H and O–H groups in total. The van der Waals surface area contributed by atoms with Gasteiger partial charge in [0.15, 0.2) is 0 Å². The van der Waals surface area contributed by atoms with E-state index in [1.54, 1.807) is 29.4 Å². The first-order chi connectivity index (χ1) is 20.3. The summed E-state index contributed by atoms with van der Waals surface area (Å²) in [6.07, 6.45) is 0.699. The van der Waals surface area contributed by atoms with Gasteiger partial charge < -0.3 is 4.57 Å². The minimum absolute atomic E-state index is 0.0111. The average molecular weight is 600 g/mol. The molecule has 2 fully saturated rings. The number of alkyl halides is 5. The summed E-state index contributed by atoms with van der Waals surface area (Å²) >= 11 is 0. The van der Waals surface area contributed by atoms with Crippen LogP contribution in [0, 0.1) is 23.2 Å². The highest BCUT2D eigenvalue weighted by atomic mass is 19.4. The Morgan fingerprint density at radius 1 is 1.16 bits per heavy atom. The zero-order valence-electron chi connectivity index (χ0n) is 23.7. The van der Waals surface area contributed by atoms with Crippen molar-refractivity contribution in [2.24, 2.45) is 18.9 Å². The van der Waals surface area contributed by atoms with Gasteiger partial charge in [-0.15, -0.1) is 10.2 Å². The first kappa shape index (κ1) is 29.0. The summed E-state index contributed by atoms with van der Waals surface area (Å²) in [4.78, 5) is 15.3. The topological polar surface area (TPSA) is 84.2 Å². The molecule has 1 aliphatic heterocycles. The molecule has 226 valence electrons. The van der Waals surface area contributed by atoms with E-state index < -0.39 is 34.7 Å². The van der Waals surface area contributed by atoms with E-state index in [1.807, 2.05) is 17.7 Å². The first-order valence-corrected chi connectivity index (χ1v) is 14.1. The summed E-state index contributed by atoms with van der Waals surface area (Å²) < 4.78 is 74.8. The monoisotopic (exact) mass is 599 g/mol. The molecule has 4 aromatic rings. The zero-order valence-corrected chi connectivity index (χ0v) is 23.7. The van der Waals surface area contributed by atoms with Crippen LogP contribution in [0.25, 0.3) is 11.2 Å². The Kier molecular flexibility index (Phi) is 6.95. The molecule has 3 aromatic heterocycles. The normalized spacial score (nSPS) is 24.1. The molecule has 13 heteroatoms. The highest BCUT2D eigenvalue weighted by molar-refractivity contribution is 5.58. The van der Waals surface area contributed by atoms with Crippen LogP contribution in [0.2, 0.25) is 0 Å².